The van der Waals surface area contributed by atoms with Crippen LogP contribution in [0, 0.1) is 5.82 Å². The lowest BCUT2D eigenvalue weighted by Gasteiger charge is -2.30. The summed E-state index contributed by atoms with van der Waals surface area (Å²) in [6.07, 6.45) is 9.53. The fourth-order valence-electron chi connectivity index (χ4n) is 3.35. The van der Waals surface area contributed by atoms with Gasteiger partial charge in [-0.15, -0.1) is 0 Å². The lowest BCUT2D eigenvalue weighted by molar-refractivity contribution is -0.132. The first kappa shape index (κ1) is 19.4. The Labute approximate surface area is 149 Å². The molecule has 0 radical (unpaired) electrons. The summed E-state index contributed by atoms with van der Waals surface area (Å²) in [6, 6.07) is 5.81. The highest BCUT2D eigenvalue weighted by molar-refractivity contribution is 5.94. The van der Waals surface area contributed by atoms with Gasteiger partial charge in [-0.2, -0.15) is 0 Å². The van der Waals surface area contributed by atoms with Crippen molar-refractivity contribution >= 4 is 11.8 Å². The minimum Gasteiger partial charge on any atom is -0.352 e. The number of amides is 2. The molecule has 25 heavy (non-hydrogen) atoms. The molecule has 1 aliphatic rings. The molecule has 1 aromatic carbocycles. The van der Waals surface area contributed by atoms with Crippen LogP contribution in [0.3, 0.4) is 0 Å². The lowest BCUT2D eigenvalue weighted by Crippen LogP contribution is -2.37. The van der Waals surface area contributed by atoms with Gasteiger partial charge in [-0.25, -0.2) is 4.39 Å². The summed E-state index contributed by atoms with van der Waals surface area (Å²) in [5.74, 6) is -0.443. The number of hydrogen-bond donors (Lipinski definition) is 1. The minimum absolute atomic E-state index is 0.154. The third kappa shape index (κ3) is 6.48. The zero-order valence-electron chi connectivity index (χ0n) is 15.1. The molecule has 0 aliphatic heterocycles. The molecule has 2 amide bonds. The molecule has 1 saturated carbocycles. The van der Waals surface area contributed by atoms with E-state index in [1.54, 1.807) is 0 Å². The van der Waals surface area contributed by atoms with Gasteiger partial charge in [0.05, 0.1) is 0 Å². The summed E-state index contributed by atoms with van der Waals surface area (Å²) in [5.41, 5.74) is 0.430. The maximum absolute atomic E-state index is 12.8. The highest BCUT2D eigenvalue weighted by Crippen LogP contribution is 2.21. The van der Waals surface area contributed by atoms with E-state index >= 15 is 0 Å². The van der Waals surface area contributed by atoms with E-state index in [2.05, 4.69) is 5.32 Å². The van der Waals surface area contributed by atoms with Gasteiger partial charge in [0.2, 0.25) is 5.91 Å². The van der Waals surface area contributed by atoms with E-state index in [-0.39, 0.29) is 17.6 Å². The molecule has 2 rings (SSSR count). The Morgan fingerprint density at radius 1 is 1.08 bits per heavy atom. The van der Waals surface area contributed by atoms with Crippen LogP contribution in [0.15, 0.2) is 24.3 Å². The summed E-state index contributed by atoms with van der Waals surface area (Å²) < 4.78 is 12.8. The largest absolute Gasteiger partial charge is 0.352 e. The molecule has 1 aliphatic carbocycles. The number of carbonyl (C=O) groups excluding carboxylic acids is 2. The van der Waals surface area contributed by atoms with Gasteiger partial charge in [0.15, 0.2) is 0 Å². The first-order valence-electron chi connectivity index (χ1n) is 9.37. The smallest absolute Gasteiger partial charge is 0.251 e. The summed E-state index contributed by atoms with van der Waals surface area (Å²) in [6.45, 7) is 0.445. The van der Waals surface area contributed by atoms with Gasteiger partial charge < -0.3 is 10.2 Å². The zero-order valence-corrected chi connectivity index (χ0v) is 15.1. The van der Waals surface area contributed by atoms with Crippen molar-refractivity contribution in [2.24, 2.45) is 0 Å². The standard InChI is InChI=1S/C20H29FN2O2/c1-23(18-8-5-3-2-4-6-9-18)19(24)10-7-15-22-20(25)16-11-13-17(21)14-12-16/h11-14,18H,2-10,15H2,1H3,(H,22,25). The molecule has 0 saturated heterocycles. The molecule has 0 spiro atoms. The zero-order chi connectivity index (χ0) is 18.1. The predicted molar refractivity (Wildman–Crippen MR) is 96.8 cm³/mol. The van der Waals surface area contributed by atoms with Crippen LogP contribution in [0.5, 0.6) is 0 Å². The van der Waals surface area contributed by atoms with Crippen LogP contribution >= 0.6 is 0 Å². The quantitative estimate of drug-likeness (QED) is 0.793. The van der Waals surface area contributed by atoms with E-state index in [0.717, 1.165) is 12.8 Å². The van der Waals surface area contributed by atoms with E-state index in [4.69, 9.17) is 0 Å². The number of nitrogens with one attached hydrogen (secondary N) is 1. The van der Waals surface area contributed by atoms with Crippen molar-refractivity contribution in [1.29, 1.82) is 0 Å². The average molecular weight is 348 g/mol. The maximum Gasteiger partial charge on any atom is 0.251 e. The molecule has 0 heterocycles. The molecule has 0 bridgehead atoms. The SMILES string of the molecule is CN(C(=O)CCCNC(=O)c1ccc(F)cc1)C1CCCCCCC1. The molecule has 1 aromatic rings. The highest BCUT2D eigenvalue weighted by Gasteiger charge is 2.20. The number of carbonyl (C=O) groups is 2. The van der Waals surface area contributed by atoms with Crippen LogP contribution in [0.4, 0.5) is 4.39 Å². The van der Waals surface area contributed by atoms with Crippen LogP contribution < -0.4 is 5.32 Å². The Morgan fingerprint density at radius 2 is 1.68 bits per heavy atom. The van der Waals surface area contributed by atoms with Crippen molar-refractivity contribution in [2.75, 3.05) is 13.6 Å². The minimum atomic E-state index is -0.362. The van der Waals surface area contributed by atoms with Crippen LogP contribution in [0.25, 0.3) is 0 Å². The molecular formula is C20H29FN2O2. The summed E-state index contributed by atoms with van der Waals surface area (Å²) in [4.78, 5) is 26.2. The molecular weight excluding hydrogens is 319 g/mol. The summed E-state index contributed by atoms with van der Waals surface area (Å²) >= 11 is 0. The molecule has 1 fully saturated rings. The third-order valence-electron chi connectivity index (χ3n) is 4.98. The number of benzene rings is 1. The molecule has 138 valence electrons. The second kappa shape index (κ2) is 10.2. The van der Waals surface area contributed by atoms with Crippen molar-refractivity contribution in [3.05, 3.63) is 35.6 Å². The molecule has 1 N–H and O–H groups in total. The van der Waals surface area contributed by atoms with Gasteiger partial charge >= 0.3 is 0 Å². The Balaban J connectivity index is 1.68. The second-order valence-corrected chi connectivity index (χ2v) is 6.87. The van der Waals surface area contributed by atoms with Crippen molar-refractivity contribution in [2.45, 2.75) is 63.8 Å². The van der Waals surface area contributed by atoms with Crippen molar-refractivity contribution in [1.82, 2.24) is 10.2 Å². The van der Waals surface area contributed by atoms with E-state index in [1.165, 1.54) is 56.4 Å². The number of rotatable bonds is 6. The maximum atomic E-state index is 12.8. The van der Waals surface area contributed by atoms with Gasteiger partial charge in [0.1, 0.15) is 5.82 Å². The molecule has 0 aromatic heterocycles. The van der Waals surface area contributed by atoms with Gasteiger partial charge in [-0.05, 0) is 43.5 Å². The van der Waals surface area contributed by atoms with Gasteiger partial charge in [-0.1, -0.05) is 32.1 Å². The topological polar surface area (TPSA) is 49.4 Å². The number of nitrogens with zero attached hydrogens (tertiary/aromatic N) is 1. The molecule has 4 nitrogen and oxygen atoms in total. The van der Waals surface area contributed by atoms with E-state index < -0.39 is 0 Å². The third-order valence-corrected chi connectivity index (χ3v) is 4.98. The lowest BCUT2D eigenvalue weighted by atomic mass is 9.95. The fourth-order valence-corrected chi connectivity index (χ4v) is 3.35. The monoisotopic (exact) mass is 348 g/mol. The highest BCUT2D eigenvalue weighted by atomic mass is 19.1. The van der Waals surface area contributed by atoms with Crippen molar-refractivity contribution in [3.8, 4) is 0 Å². The van der Waals surface area contributed by atoms with Crippen LogP contribution in [0.2, 0.25) is 0 Å². The Kier molecular flexibility index (Phi) is 7.89. The van der Waals surface area contributed by atoms with Gasteiger partial charge in [-0.3, -0.25) is 9.59 Å². The van der Waals surface area contributed by atoms with E-state index in [0.29, 0.717) is 31.0 Å². The number of hydrogen-bond acceptors (Lipinski definition) is 2. The molecule has 5 heteroatoms. The van der Waals surface area contributed by atoms with Crippen LogP contribution in [-0.2, 0) is 4.79 Å². The van der Waals surface area contributed by atoms with E-state index in [9.17, 15) is 14.0 Å². The first-order valence-corrected chi connectivity index (χ1v) is 9.37. The predicted octanol–water partition coefficient (Wildman–Crippen LogP) is 3.91. The molecule has 0 unspecified atom stereocenters. The van der Waals surface area contributed by atoms with Gasteiger partial charge in [0, 0.05) is 31.6 Å². The van der Waals surface area contributed by atoms with Gasteiger partial charge in [0.25, 0.3) is 5.91 Å². The van der Waals surface area contributed by atoms with Crippen molar-refractivity contribution < 1.29 is 14.0 Å². The number of halogens is 1. The van der Waals surface area contributed by atoms with Crippen molar-refractivity contribution in [3.63, 3.8) is 0 Å². The van der Waals surface area contributed by atoms with Crippen LogP contribution in [-0.4, -0.2) is 36.3 Å². The average Bonchev–Trinajstić information content (AvgIpc) is 2.58. The molecule has 0 atom stereocenters. The Bertz CT molecular complexity index is 551. The summed E-state index contributed by atoms with van der Waals surface area (Å²) in [7, 11) is 1.91. The van der Waals surface area contributed by atoms with E-state index in [1.807, 2.05) is 11.9 Å². The van der Waals surface area contributed by atoms with Crippen LogP contribution in [0.1, 0.15) is 68.1 Å². The first-order chi connectivity index (χ1) is 12.1. The second-order valence-electron chi connectivity index (χ2n) is 6.87. The summed E-state index contributed by atoms with van der Waals surface area (Å²) in [5, 5.41) is 2.78. The fraction of sp³-hybridized carbons (Fsp3) is 0.600. The normalized spacial score (nSPS) is 15.9. The Morgan fingerprint density at radius 3 is 2.32 bits per heavy atom. The Hall–Kier alpha value is -1.91.